The zero-order valence-corrected chi connectivity index (χ0v) is 14.0. The lowest BCUT2D eigenvalue weighted by molar-refractivity contribution is 0.0949. The van der Waals surface area contributed by atoms with E-state index in [1.54, 1.807) is 6.07 Å². The number of anilines is 1. The first kappa shape index (κ1) is 16.2. The van der Waals surface area contributed by atoms with Crippen molar-refractivity contribution in [3.63, 3.8) is 0 Å². The first-order valence-electron chi connectivity index (χ1n) is 8.05. The molecular weight excluding hydrogens is 306 g/mol. The van der Waals surface area contributed by atoms with E-state index >= 15 is 0 Å². The standard InChI is InChI=1S/C17H21N5O2/c1-12-7-3-4-8-13(12)15(23)18-11-14-19-16(21-17(20-14)24-2)22-9-5-6-10-22/h3-4,7-8H,5-6,9-11H2,1-2H3,(H,18,23). The fraction of sp³-hybridized carbons (Fsp3) is 0.412. The molecule has 2 aromatic rings. The highest BCUT2D eigenvalue weighted by atomic mass is 16.5. The molecule has 0 bridgehead atoms. The Hall–Kier alpha value is -2.70. The molecular formula is C17H21N5O2. The van der Waals surface area contributed by atoms with E-state index in [1.165, 1.54) is 7.11 Å². The molecule has 1 N–H and O–H groups in total. The van der Waals surface area contributed by atoms with Gasteiger partial charge >= 0.3 is 6.01 Å². The fourth-order valence-electron chi connectivity index (χ4n) is 2.70. The number of nitrogens with zero attached hydrogens (tertiary/aromatic N) is 4. The van der Waals surface area contributed by atoms with Gasteiger partial charge in [0, 0.05) is 18.7 Å². The molecule has 1 aliphatic rings. The van der Waals surface area contributed by atoms with Gasteiger partial charge < -0.3 is 15.0 Å². The molecule has 126 valence electrons. The number of benzene rings is 1. The second kappa shape index (κ2) is 7.25. The highest BCUT2D eigenvalue weighted by molar-refractivity contribution is 5.95. The van der Waals surface area contributed by atoms with Gasteiger partial charge in [0.15, 0.2) is 5.82 Å². The molecule has 0 unspecified atom stereocenters. The van der Waals surface area contributed by atoms with Gasteiger partial charge in [-0.3, -0.25) is 4.79 Å². The number of hydrogen-bond acceptors (Lipinski definition) is 6. The van der Waals surface area contributed by atoms with Gasteiger partial charge in [-0.1, -0.05) is 18.2 Å². The SMILES string of the molecule is COc1nc(CNC(=O)c2ccccc2C)nc(N2CCCC2)n1. The second-order valence-corrected chi connectivity index (χ2v) is 5.73. The summed E-state index contributed by atoms with van der Waals surface area (Å²) in [5.41, 5.74) is 1.58. The number of aryl methyl sites for hydroxylation is 1. The van der Waals surface area contributed by atoms with E-state index < -0.39 is 0 Å². The molecule has 7 nitrogen and oxygen atoms in total. The Morgan fingerprint density at radius 1 is 1.21 bits per heavy atom. The van der Waals surface area contributed by atoms with Crippen LogP contribution in [0.25, 0.3) is 0 Å². The van der Waals surface area contributed by atoms with Gasteiger partial charge in [0.2, 0.25) is 5.95 Å². The van der Waals surface area contributed by atoms with Crippen LogP contribution in [-0.4, -0.2) is 41.1 Å². The summed E-state index contributed by atoms with van der Waals surface area (Å²) in [4.78, 5) is 27.4. The number of hydrogen-bond donors (Lipinski definition) is 1. The average molecular weight is 327 g/mol. The van der Waals surface area contributed by atoms with E-state index in [4.69, 9.17) is 4.74 Å². The summed E-state index contributed by atoms with van der Waals surface area (Å²) in [6.45, 7) is 4.00. The maximum absolute atomic E-state index is 12.3. The molecule has 0 saturated carbocycles. The van der Waals surface area contributed by atoms with Crippen molar-refractivity contribution in [2.75, 3.05) is 25.1 Å². The Labute approximate surface area is 141 Å². The first-order valence-corrected chi connectivity index (χ1v) is 8.05. The van der Waals surface area contributed by atoms with Crippen LogP contribution in [0.2, 0.25) is 0 Å². The monoisotopic (exact) mass is 327 g/mol. The van der Waals surface area contributed by atoms with Crippen molar-refractivity contribution < 1.29 is 9.53 Å². The zero-order chi connectivity index (χ0) is 16.9. The van der Waals surface area contributed by atoms with E-state index in [1.807, 2.05) is 25.1 Å². The number of carbonyl (C=O) groups is 1. The molecule has 1 saturated heterocycles. The number of carbonyl (C=O) groups excluding carboxylic acids is 1. The van der Waals surface area contributed by atoms with Gasteiger partial charge in [-0.2, -0.15) is 15.0 Å². The van der Waals surface area contributed by atoms with Gasteiger partial charge in [0.25, 0.3) is 5.91 Å². The number of amides is 1. The Morgan fingerprint density at radius 2 is 1.96 bits per heavy atom. The van der Waals surface area contributed by atoms with Gasteiger partial charge in [0.05, 0.1) is 13.7 Å². The van der Waals surface area contributed by atoms with Crippen molar-refractivity contribution in [3.8, 4) is 6.01 Å². The highest BCUT2D eigenvalue weighted by Gasteiger charge is 2.18. The van der Waals surface area contributed by atoms with Crippen molar-refractivity contribution in [1.82, 2.24) is 20.3 Å². The molecule has 0 spiro atoms. The lowest BCUT2D eigenvalue weighted by Gasteiger charge is -2.16. The van der Waals surface area contributed by atoms with Crippen molar-refractivity contribution in [2.45, 2.75) is 26.3 Å². The van der Waals surface area contributed by atoms with Crippen LogP contribution in [0.4, 0.5) is 5.95 Å². The molecule has 1 aromatic carbocycles. The number of aromatic nitrogens is 3. The van der Waals surface area contributed by atoms with Gasteiger partial charge in [-0.05, 0) is 31.4 Å². The van der Waals surface area contributed by atoms with Crippen molar-refractivity contribution in [2.24, 2.45) is 0 Å². The van der Waals surface area contributed by atoms with Crippen LogP contribution < -0.4 is 15.0 Å². The summed E-state index contributed by atoms with van der Waals surface area (Å²) in [6, 6.07) is 7.73. The third-order valence-corrected chi connectivity index (χ3v) is 4.02. The summed E-state index contributed by atoms with van der Waals surface area (Å²) in [7, 11) is 1.53. The summed E-state index contributed by atoms with van der Waals surface area (Å²) < 4.78 is 5.16. The molecule has 1 aliphatic heterocycles. The summed E-state index contributed by atoms with van der Waals surface area (Å²) in [5, 5.41) is 2.86. The lowest BCUT2D eigenvalue weighted by Crippen LogP contribution is -2.26. The van der Waals surface area contributed by atoms with Crippen LogP contribution in [0.3, 0.4) is 0 Å². The molecule has 7 heteroatoms. The van der Waals surface area contributed by atoms with Crippen LogP contribution in [0.1, 0.15) is 34.6 Å². The van der Waals surface area contributed by atoms with Crippen LogP contribution >= 0.6 is 0 Å². The van der Waals surface area contributed by atoms with Crippen LogP contribution in [0, 0.1) is 6.92 Å². The molecule has 0 aliphatic carbocycles. The quantitative estimate of drug-likeness (QED) is 0.901. The average Bonchev–Trinajstić information content (AvgIpc) is 3.14. The fourth-order valence-corrected chi connectivity index (χ4v) is 2.70. The predicted molar refractivity (Wildman–Crippen MR) is 90.2 cm³/mol. The number of ether oxygens (including phenoxy) is 1. The largest absolute Gasteiger partial charge is 0.467 e. The van der Waals surface area contributed by atoms with E-state index in [-0.39, 0.29) is 18.5 Å². The highest BCUT2D eigenvalue weighted by Crippen LogP contribution is 2.17. The molecule has 0 atom stereocenters. The predicted octanol–water partition coefficient (Wildman–Crippen LogP) is 1.72. The maximum Gasteiger partial charge on any atom is 0.321 e. The van der Waals surface area contributed by atoms with Crippen molar-refractivity contribution >= 4 is 11.9 Å². The van der Waals surface area contributed by atoms with Crippen molar-refractivity contribution in [3.05, 3.63) is 41.2 Å². The van der Waals surface area contributed by atoms with E-state index in [0.29, 0.717) is 17.3 Å². The van der Waals surface area contributed by atoms with Crippen LogP contribution in [0.15, 0.2) is 24.3 Å². The topological polar surface area (TPSA) is 80.2 Å². The Bertz CT molecular complexity index is 729. The lowest BCUT2D eigenvalue weighted by atomic mass is 10.1. The van der Waals surface area contributed by atoms with E-state index in [9.17, 15) is 4.79 Å². The third-order valence-electron chi connectivity index (χ3n) is 4.02. The molecule has 24 heavy (non-hydrogen) atoms. The number of methoxy groups -OCH3 is 1. The zero-order valence-electron chi connectivity index (χ0n) is 14.0. The maximum atomic E-state index is 12.3. The number of nitrogens with one attached hydrogen (secondary N) is 1. The smallest absolute Gasteiger partial charge is 0.321 e. The minimum atomic E-state index is -0.143. The van der Waals surface area contributed by atoms with Gasteiger partial charge in [-0.15, -0.1) is 0 Å². The van der Waals surface area contributed by atoms with Crippen LogP contribution in [-0.2, 0) is 6.54 Å². The third kappa shape index (κ3) is 3.61. The summed E-state index contributed by atoms with van der Waals surface area (Å²) in [6.07, 6.45) is 2.26. The molecule has 1 amide bonds. The second-order valence-electron chi connectivity index (χ2n) is 5.73. The first-order chi connectivity index (χ1) is 11.7. The molecule has 3 rings (SSSR count). The minimum Gasteiger partial charge on any atom is -0.467 e. The van der Waals surface area contributed by atoms with Gasteiger partial charge in [-0.25, -0.2) is 0 Å². The summed E-state index contributed by atoms with van der Waals surface area (Å²) in [5.74, 6) is 0.959. The molecule has 2 heterocycles. The normalized spacial score (nSPS) is 13.8. The Kier molecular flexibility index (Phi) is 4.88. The molecule has 1 fully saturated rings. The van der Waals surface area contributed by atoms with E-state index in [0.717, 1.165) is 31.5 Å². The van der Waals surface area contributed by atoms with Crippen LogP contribution in [0.5, 0.6) is 6.01 Å². The summed E-state index contributed by atoms with van der Waals surface area (Å²) >= 11 is 0. The number of rotatable bonds is 5. The van der Waals surface area contributed by atoms with Gasteiger partial charge in [0.1, 0.15) is 0 Å². The minimum absolute atomic E-state index is 0.143. The Morgan fingerprint density at radius 3 is 2.67 bits per heavy atom. The Balaban J connectivity index is 1.73. The molecule has 1 aromatic heterocycles. The van der Waals surface area contributed by atoms with Crippen molar-refractivity contribution in [1.29, 1.82) is 0 Å². The van der Waals surface area contributed by atoms with E-state index in [2.05, 4.69) is 25.2 Å². The molecule has 0 radical (unpaired) electrons.